The summed E-state index contributed by atoms with van der Waals surface area (Å²) in [6.07, 6.45) is 3.62. The maximum Gasteiger partial charge on any atom is 0.161 e. The number of hydrogen-bond donors (Lipinski definition) is 3. The van der Waals surface area contributed by atoms with Gasteiger partial charge in [-0.05, 0) is 27.9 Å². The maximum absolute atomic E-state index is 9.33. The van der Waals surface area contributed by atoms with Gasteiger partial charge in [0.05, 0.1) is 30.2 Å². The molecule has 0 unspecified atom stereocenters. The number of nitrogens with two attached hydrogens (primary N) is 1. The van der Waals surface area contributed by atoms with E-state index in [9.17, 15) is 5.11 Å². The normalized spacial score (nSPS) is 13.2. The van der Waals surface area contributed by atoms with E-state index in [1.807, 2.05) is 16.7 Å². The fraction of sp³-hybridized carbons (Fsp3) is 0.417. The number of nitrogens with zero attached hydrogens (tertiary/aromatic N) is 2. The number of aliphatic hydroxyl groups excluding tert-OH is 1. The van der Waals surface area contributed by atoms with Crippen LogP contribution in [0.5, 0.6) is 0 Å². The summed E-state index contributed by atoms with van der Waals surface area (Å²) in [5.41, 5.74) is 8.15. The van der Waals surface area contributed by atoms with Gasteiger partial charge in [0.1, 0.15) is 4.60 Å². The van der Waals surface area contributed by atoms with Crippen molar-refractivity contribution in [3.05, 3.63) is 23.1 Å². The summed E-state index contributed by atoms with van der Waals surface area (Å²) in [6.45, 7) is 4.20. The second-order valence-electron chi connectivity index (χ2n) is 4.64. The van der Waals surface area contributed by atoms with Gasteiger partial charge in [-0.25, -0.2) is 4.98 Å². The molecule has 2 aromatic rings. The molecule has 0 saturated heterocycles. The molecule has 18 heavy (non-hydrogen) atoms. The van der Waals surface area contributed by atoms with Crippen molar-refractivity contribution in [3.8, 4) is 0 Å². The second kappa shape index (κ2) is 5.16. The molecule has 0 aliphatic carbocycles. The largest absolute Gasteiger partial charge is 0.396 e. The molecule has 0 aliphatic rings. The van der Waals surface area contributed by atoms with Crippen LogP contribution in [0.25, 0.3) is 5.65 Å². The number of imidazole rings is 1. The van der Waals surface area contributed by atoms with Crippen LogP contribution in [0.2, 0.25) is 0 Å². The molecule has 4 N–H and O–H groups in total. The highest BCUT2D eigenvalue weighted by atomic mass is 79.9. The molecule has 2 heterocycles. The van der Waals surface area contributed by atoms with E-state index >= 15 is 0 Å². The minimum Gasteiger partial charge on any atom is -0.396 e. The van der Waals surface area contributed by atoms with Gasteiger partial charge in [-0.2, -0.15) is 0 Å². The summed E-state index contributed by atoms with van der Waals surface area (Å²) in [6, 6.07) is 1.84. The molecule has 0 bridgehead atoms. The third kappa shape index (κ3) is 2.44. The summed E-state index contributed by atoms with van der Waals surface area (Å²) >= 11 is 3.42. The van der Waals surface area contributed by atoms with Crippen LogP contribution in [0.4, 0.5) is 11.4 Å². The molecule has 6 heteroatoms. The van der Waals surface area contributed by atoms with Crippen LogP contribution in [-0.2, 0) is 0 Å². The number of aliphatic hydroxyl groups is 1. The third-order valence-electron chi connectivity index (χ3n) is 2.94. The van der Waals surface area contributed by atoms with E-state index in [1.165, 1.54) is 0 Å². The second-order valence-corrected chi connectivity index (χ2v) is 5.45. The molecule has 0 radical (unpaired) electrons. The Bertz CT molecular complexity index is 552. The van der Waals surface area contributed by atoms with Crippen molar-refractivity contribution in [2.24, 2.45) is 5.92 Å². The minimum atomic E-state index is 0.00384. The SMILES string of the molecule is CC(C)[C@H](CO)Nc1cc(N)c2ncc(Br)n2c1. The lowest BCUT2D eigenvalue weighted by molar-refractivity contribution is 0.249. The fourth-order valence-electron chi connectivity index (χ4n) is 1.80. The number of nitrogens with one attached hydrogen (secondary N) is 1. The topological polar surface area (TPSA) is 75.6 Å². The van der Waals surface area contributed by atoms with Gasteiger partial charge in [-0.15, -0.1) is 0 Å². The Labute approximate surface area is 114 Å². The lowest BCUT2D eigenvalue weighted by atomic mass is 10.1. The maximum atomic E-state index is 9.33. The predicted octanol–water partition coefficient (Wildman–Crippen LogP) is 2.11. The van der Waals surface area contributed by atoms with E-state index in [4.69, 9.17) is 5.73 Å². The number of anilines is 2. The smallest absolute Gasteiger partial charge is 0.161 e. The van der Waals surface area contributed by atoms with Crippen molar-refractivity contribution in [2.75, 3.05) is 17.7 Å². The molecular weight excluding hydrogens is 296 g/mol. The lowest BCUT2D eigenvalue weighted by Crippen LogP contribution is -2.29. The molecule has 0 fully saturated rings. The zero-order valence-corrected chi connectivity index (χ0v) is 12.0. The van der Waals surface area contributed by atoms with Crippen molar-refractivity contribution in [3.63, 3.8) is 0 Å². The van der Waals surface area contributed by atoms with E-state index < -0.39 is 0 Å². The van der Waals surface area contributed by atoms with Crippen LogP contribution >= 0.6 is 15.9 Å². The monoisotopic (exact) mass is 312 g/mol. The fourth-order valence-corrected chi connectivity index (χ4v) is 2.17. The Morgan fingerprint density at radius 3 is 2.89 bits per heavy atom. The number of pyridine rings is 1. The molecular formula is C12H17BrN4O. The molecule has 0 aliphatic heterocycles. The van der Waals surface area contributed by atoms with Gasteiger partial charge in [-0.1, -0.05) is 13.8 Å². The van der Waals surface area contributed by atoms with Crippen molar-refractivity contribution in [1.82, 2.24) is 9.38 Å². The summed E-state index contributed by atoms with van der Waals surface area (Å²) in [5.74, 6) is 0.332. The van der Waals surface area contributed by atoms with E-state index in [-0.39, 0.29) is 12.6 Å². The van der Waals surface area contributed by atoms with Gasteiger partial charge in [0.15, 0.2) is 5.65 Å². The Hall–Kier alpha value is -1.27. The van der Waals surface area contributed by atoms with Crippen LogP contribution < -0.4 is 11.1 Å². The number of fused-ring (bicyclic) bond motifs is 1. The number of aromatic nitrogens is 2. The standard InChI is InChI=1S/C12H17BrN4O/c1-7(2)10(6-18)16-8-3-9(14)12-15-4-11(13)17(12)5-8/h3-5,7,10,16,18H,6,14H2,1-2H3/t10-/m0/s1. The van der Waals surface area contributed by atoms with E-state index in [0.717, 1.165) is 15.9 Å². The highest BCUT2D eigenvalue weighted by Crippen LogP contribution is 2.23. The summed E-state index contributed by atoms with van der Waals surface area (Å²) in [5, 5.41) is 12.6. The van der Waals surface area contributed by atoms with Crippen LogP contribution in [0.1, 0.15) is 13.8 Å². The first-order valence-corrected chi connectivity index (χ1v) is 6.61. The molecule has 0 amide bonds. The first kappa shape index (κ1) is 13.2. The molecule has 0 aromatic carbocycles. The molecule has 1 atom stereocenters. The van der Waals surface area contributed by atoms with E-state index in [2.05, 4.69) is 40.1 Å². The highest BCUT2D eigenvalue weighted by molar-refractivity contribution is 9.10. The quantitative estimate of drug-likeness (QED) is 0.808. The molecule has 0 saturated carbocycles. The van der Waals surface area contributed by atoms with Crippen LogP contribution in [0.3, 0.4) is 0 Å². The average Bonchev–Trinajstić information content (AvgIpc) is 2.68. The Balaban J connectivity index is 2.36. The minimum absolute atomic E-state index is 0.00384. The van der Waals surface area contributed by atoms with Gasteiger partial charge < -0.3 is 16.2 Å². The van der Waals surface area contributed by atoms with E-state index in [0.29, 0.717) is 11.6 Å². The molecule has 2 rings (SSSR count). The lowest BCUT2D eigenvalue weighted by Gasteiger charge is -2.21. The van der Waals surface area contributed by atoms with Gasteiger partial charge in [0, 0.05) is 6.20 Å². The number of halogens is 1. The number of hydrogen-bond acceptors (Lipinski definition) is 4. The van der Waals surface area contributed by atoms with Crippen LogP contribution in [0.15, 0.2) is 23.1 Å². The number of rotatable bonds is 4. The van der Waals surface area contributed by atoms with Crippen LogP contribution in [0, 0.1) is 5.92 Å². The van der Waals surface area contributed by atoms with Gasteiger partial charge >= 0.3 is 0 Å². The summed E-state index contributed by atoms with van der Waals surface area (Å²) < 4.78 is 2.71. The van der Waals surface area contributed by atoms with Crippen molar-refractivity contribution >= 4 is 33.0 Å². The van der Waals surface area contributed by atoms with Gasteiger partial charge in [0.25, 0.3) is 0 Å². The Kier molecular flexibility index (Phi) is 3.77. The van der Waals surface area contributed by atoms with Crippen LogP contribution in [-0.4, -0.2) is 27.1 Å². The third-order valence-corrected chi connectivity index (χ3v) is 3.53. The first-order chi connectivity index (χ1) is 8.52. The molecule has 2 aromatic heterocycles. The predicted molar refractivity (Wildman–Crippen MR) is 76.6 cm³/mol. The Morgan fingerprint density at radius 1 is 1.56 bits per heavy atom. The summed E-state index contributed by atoms with van der Waals surface area (Å²) in [7, 11) is 0. The zero-order chi connectivity index (χ0) is 13.3. The van der Waals surface area contributed by atoms with E-state index in [1.54, 1.807) is 6.20 Å². The first-order valence-electron chi connectivity index (χ1n) is 5.82. The zero-order valence-electron chi connectivity index (χ0n) is 10.4. The molecule has 98 valence electrons. The van der Waals surface area contributed by atoms with Gasteiger partial charge in [-0.3, -0.25) is 4.40 Å². The average molecular weight is 313 g/mol. The van der Waals surface area contributed by atoms with Gasteiger partial charge in [0.2, 0.25) is 0 Å². The molecule has 0 spiro atoms. The molecule has 5 nitrogen and oxygen atoms in total. The summed E-state index contributed by atoms with van der Waals surface area (Å²) in [4.78, 5) is 4.21. The van der Waals surface area contributed by atoms with Crippen molar-refractivity contribution < 1.29 is 5.11 Å². The highest BCUT2D eigenvalue weighted by Gasteiger charge is 2.13. The number of nitrogen functional groups attached to an aromatic ring is 1. The van der Waals surface area contributed by atoms with Crippen molar-refractivity contribution in [1.29, 1.82) is 0 Å². The Morgan fingerprint density at radius 2 is 2.28 bits per heavy atom. The van der Waals surface area contributed by atoms with Crippen molar-refractivity contribution in [2.45, 2.75) is 19.9 Å².